The largest absolute Gasteiger partial charge is 0.463 e. The Morgan fingerprint density at radius 1 is 1.10 bits per heavy atom. The number of anilines is 1. The zero-order valence-electron chi connectivity index (χ0n) is 17.4. The number of benzene rings is 3. The van der Waals surface area contributed by atoms with Crippen molar-refractivity contribution >= 4 is 28.2 Å². The van der Waals surface area contributed by atoms with Crippen molar-refractivity contribution in [1.82, 2.24) is 0 Å². The number of rotatable bonds is 3. The fraction of sp³-hybridized carbons (Fsp3) is 0.280. The van der Waals surface area contributed by atoms with Crippen molar-refractivity contribution < 1.29 is 9.66 Å². The third-order valence-electron chi connectivity index (χ3n) is 6.57. The van der Waals surface area contributed by atoms with E-state index in [1.807, 2.05) is 18.2 Å². The van der Waals surface area contributed by atoms with E-state index < -0.39 is 5.72 Å². The summed E-state index contributed by atoms with van der Waals surface area (Å²) in [5.74, 6) is 0.806. The smallest absolute Gasteiger partial charge is 0.270 e. The van der Waals surface area contributed by atoms with Gasteiger partial charge >= 0.3 is 0 Å². The predicted molar refractivity (Wildman–Crippen MR) is 120 cm³/mol. The van der Waals surface area contributed by atoms with E-state index in [0.29, 0.717) is 0 Å². The van der Waals surface area contributed by atoms with E-state index >= 15 is 0 Å². The second kappa shape index (κ2) is 6.33. The molecule has 3 aromatic carbocycles. The lowest BCUT2D eigenvalue weighted by atomic mass is 9.76. The molecule has 3 aromatic rings. The third-order valence-corrected chi connectivity index (χ3v) is 6.57. The zero-order valence-corrected chi connectivity index (χ0v) is 17.4. The summed E-state index contributed by atoms with van der Waals surface area (Å²) in [6, 6.07) is 17.4. The van der Waals surface area contributed by atoms with Gasteiger partial charge in [-0.05, 0) is 67.0 Å². The lowest BCUT2D eigenvalue weighted by molar-refractivity contribution is -0.384. The summed E-state index contributed by atoms with van der Waals surface area (Å²) in [6.07, 6.45) is 5.31. The van der Waals surface area contributed by atoms with Crippen LogP contribution >= 0.6 is 0 Å². The van der Waals surface area contributed by atoms with Crippen molar-refractivity contribution in [1.29, 1.82) is 0 Å². The Morgan fingerprint density at radius 2 is 1.90 bits per heavy atom. The first kappa shape index (κ1) is 18.7. The predicted octanol–water partition coefficient (Wildman–Crippen LogP) is 6.06. The Kier molecular flexibility index (Phi) is 3.94. The highest BCUT2D eigenvalue weighted by Crippen LogP contribution is 2.55. The molecule has 2 aliphatic heterocycles. The maximum absolute atomic E-state index is 11.1. The molecule has 0 aromatic heterocycles. The number of nitrogens with zero attached hydrogens (tertiary/aromatic N) is 2. The van der Waals surface area contributed by atoms with Gasteiger partial charge in [-0.25, -0.2) is 0 Å². The summed E-state index contributed by atoms with van der Waals surface area (Å²) >= 11 is 0. The van der Waals surface area contributed by atoms with Gasteiger partial charge in [0.2, 0.25) is 5.72 Å². The van der Waals surface area contributed by atoms with Crippen LogP contribution < -0.4 is 9.64 Å². The van der Waals surface area contributed by atoms with E-state index in [1.54, 1.807) is 12.1 Å². The second-order valence-electron chi connectivity index (χ2n) is 8.57. The minimum Gasteiger partial charge on any atom is -0.463 e. The van der Waals surface area contributed by atoms with Crippen molar-refractivity contribution in [2.45, 2.75) is 38.3 Å². The minimum absolute atomic E-state index is 0.0983. The molecule has 2 heterocycles. The molecule has 0 amide bonds. The maximum atomic E-state index is 11.1. The van der Waals surface area contributed by atoms with Gasteiger partial charge < -0.3 is 9.64 Å². The van der Waals surface area contributed by atoms with E-state index in [9.17, 15) is 10.1 Å². The second-order valence-corrected chi connectivity index (χ2v) is 8.57. The van der Waals surface area contributed by atoms with Crippen molar-refractivity contribution in [2.75, 3.05) is 11.4 Å². The summed E-state index contributed by atoms with van der Waals surface area (Å²) in [5.41, 5.74) is 2.69. The van der Waals surface area contributed by atoms with Crippen LogP contribution in [0, 0.1) is 10.1 Å². The van der Waals surface area contributed by atoms with Gasteiger partial charge in [0.05, 0.1) is 10.3 Å². The van der Waals surface area contributed by atoms with E-state index in [4.69, 9.17) is 4.74 Å². The summed E-state index contributed by atoms with van der Waals surface area (Å²) in [6.45, 7) is 7.55. The molecular weight excluding hydrogens is 376 g/mol. The highest BCUT2D eigenvalue weighted by Gasteiger charge is 2.58. The number of hydrogen-bond acceptors (Lipinski definition) is 4. The average Bonchev–Trinajstić information content (AvgIpc) is 2.92. The quantitative estimate of drug-likeness (QED) is 0.396. The van der Waals surface area contributed by atoms with Gasteiger partial charge in [0.25, 0.3) is 5.69 Å². The number of ether oxygens (including phenoxy) is 1. The standard InChI is InChI=1S/C25H24N2O3/c1-4-15-26-22-8-6-5-7-21(22)24(2,3)25(26)14-13-20-19-11-10-18(27(28)29)16-17(19)9-12-23(20)30-25/h5-14,16H,4,15H2,1-3H3. The summed E-state index contributed by atoms with van der Waals surface area (Å²) in [7, 11) is 0. The Labute approximate surface area is 175 Å². The fourth-order valence-electron chi connectivity index (χ4n) is 5.03. The van der Waals surface area contributed by atoms with Gasteiger partial charge in [-0.15, -0.1) is 0 Å². The lowest BCUT2D eigenvalue weighted by Crippen LogP contribution is -2.59. The zero-order chi connectivity index (χ0) is 21.1. The molecule has 152 valence electrons. The molecule has 0 fully saturated rings. The maximum Gasteiger partial charge on any atom is 0.270 e. The topological polar surface area (TPSA) is 55.6 Å². The van der Waals surface area contributed by atoms with Crippen LogP contribution in [0.4, 0.5) is 11.4 Å². The van der Waals surface area contributed by atoms with E-state index in [1.165, 1.54) is 11.3 Å². The molecule has 5 heteroatoms. The van der Waals surface area contributed by atoms with Crippen molar-refractivity contribution in [3.05, 3.63) is 81.9 Å². The molecular formula is C25H24N2O3. The van der Waals surface area contributed by atoms with Crippen LogP contribution in [0.2, 0.25) is 0 Å². The monoisotopic (exact) mass is 400 g/mol. The molecule has 0 saturated carbocycles. The van der Waals surface area contributed by atoms with Crippen molar-refractivity contribution in [2.24, 2.45) is 0 Å². The van der Waals surface area contributed by atoms with Gasteiger partial charge in [-0.1, -0.05) is 31.2 Å². The van der Waals surface area contributed by atoms with Crippen LogP contribution in [0.5, 0.6) is 5.75 Å². The lowest BCUT2D eigenvalue weighted by Gasteiger charge is -2.47. The first-order valence-electron chi connectivity index (χ1n) is 10.4. The number of fused-ring (bicyclic) bond motifs is 4. The molecule has 0 aliphatic carbocycles. The van der Waals surface area contributed by atoms with Gasteiger partial charge in [-0.3, -0.25) is 10.1 Å². The van der Waals surface area contributed by atoms with Crippen LogP contribution in [0.15, 0.2) is 60.7 Å². The van der Waals surface area contributed by atoms with Crippen LogP contribution in [0.25, 0.3) is 16.8 Å². The highest BCUT2D eigenvalue weighted by molar-refractivity contribution is 5.95. The molecule has 0 bridgehead atoms. The fourth-order valence-corrected chi connectivity index (χ4v) is 5.03. The first-order valence-corrected chi connectivity index (χ1v) is 10.4. The average molecular weight is 400 g/mol. The third kappa shape index (κ3) is 2.35. The SMILES string of the molecule is CCCN1c2ccccc2C(C)(C)C12C=Cc1c(ccc3cc([N+](=O)[O-])ccc13)O2. The van der Waals surface area contributed by atoms with Crippen molar-refractivity contribution in [3.63, 3.8) is 0 Å². The summed E-state index contributed by atoms with van der Waals surface area (Å²) < 4.78 is 6.83. The van der Waals surface area contributed by atoms with E-state index in [-0.39, 0.29) is 16.0 Å². The van der Waals surface area contributed by atoms with Crippen LogP contribution in [-0.4, -0.2) is 17.2 Å². The van der Waals surface area contributed by atoms with E-state index in [2.05, 4.69) is 62.1 Å². The van der Waals surface area contributed by atoms with Gasteiger partial charge in [0.1, 0.15) is 5.75 Å². The van der Waals surface area contributed by atoms with Crippen LogP contribution in [0.3, 0.4) is 0 Å². The molecule has 0 radical (unpaired) electrons. The Hall–Kier alpha value is -3.34. The number of non-ortho nitro benzene ring substituents is 1. The molecule has 0 saturated heterocycles. The van der Waals surface area contributed by atoms with Crippen LogP contribution in [-0.2, 0) is 5.41 Å². The summed E-state index contributed by atoms with van der Waals surface area (Å²) in [5, 5.41) is 12.9. The molecule has 1 atom stereocenters. The molecule has 1 spiro atoms. The molecule has 1 unspecified atom stereocenters. The number of hydrogen-bond donors (Lipinski definition) is 0. The normalized spacial score (nSPS) is 20.8. The molecule has 0 N–H and O–H groups in total. The summed E-state index contributed by atoms with van der Waals surface area (Å²) in [4.78, 5) is 13.2. The Morgan fingerprint density at radius 3 is 2.67 bits per heavy atom. The first-order chi connectivity index (χ1) is 14.4. The number of nitro benzene ring substituents is 1. The number of para-hydroxylation sites is 1. The van der Waals surface area contributed by atoms with Gasteiger partial charge in [0.15, 0.2) is 0 Å². The molecule has 2 aliphatic rings. The Balaban J connectivity index is 1.67. The molecule has 30 heavy (non-hydrogen) atoms. The Bertz CT molecular complexity index is 1210. The van der Waals surface area contributed by atoms with Gasteiger partial charge in [-0.2, -0.15) is 0 Å². The number of nitro groups is 1. The van der Waals surface area contributed by atoms with Gasteiger partial charge in [0, 0.05) is 29.9 Å². The van der Waals surface area contributed by atoms with Crippen molar-refractivity contribution in [3.8, 4) is 5.75 Å². The molecule has 5 rings (SSSR count). The van der Waals surface area contributed by atoms with Crippen LogP contribution in [0.1, 0.15) is 38.3 Å². The highest BCUT2D eigenvalue weighted by atomic mass is 16.6. The molecule has 5 nitrogen and oxygen atoms in total. The van der Waals surface area contributed by atoms with E-state index in [0.717, 1.165) is 35.1 Å². The minimum atomic E-state index is -0.617.